The van der Waals surface area contributed by atoms with E-state index >= 15 is 0 Å². The molecule has 5 nitrogen and oxygen atoms in total. The summed E-state index contributed by atoms with van der Waals surface area (Å²) in [5.74, 6) is 0.223. The molecule has 2 aliphatic heterocycles. The molecule has 1 saturated heterocycles. The van der Waals surface area contributed by atoms with Crippen LogP contribution in [0.5, 0.6) is 0 Å². The fourth-order valence-corrected chi connectivity index (χ4v) is 4.16. The van der Waals surface area contributed by atoms with Gasteiger partial charge in [0, 0.05) is 67.2 Å². The highest BCUT2D eigenvalue weighted by Gasteiger charge is 2.23. The maximum atomic E-state index is 12.5. The van der Waals surface area contributed by atoms with E-state index in [1.54, 1.807) is 0 Å². The number of rotatable bonds is 3. The highest BCUT2D eigenvalue weighted by molar-refractivity contribution is 6.31. The van der Waals surface area contributed by atoms with Gasteiger partial charge in [-0.25, -0.2) is 0 Å². The van der Waals surface area contributed by atoms with Gasteiger partial charge in [0.05, 0.1) is 13.2 Å². The molecule has 134 valence electrons. The number of hydrogen-bond acceptors (Lipinski definition) is 3. The van der Waals surface area contributed by atoms with Crippen molar-refractivity contribution in [2.75, 3.05) is 39.9 Å². The average molecular weight is 362 g/mol. The highest BCUT2D eigenvalue weighted by atomic mass is 35.5. The largest absolute Gasteiger partial charge is 0.378 e. The van der Waals surface area contributed by atoms with Crippen LogP contribution in [0.4, 0.5) is 0 Å². The summed E-state index contributed by atoms with van der Waals surface area (Å²) >= 11 is 6.24. The average Bonchev–Trinajstić information content (AvgIpc) is 2.92. The van der Waals surface area contributed by atoms with Crippen LogP contribution < -0.4 is 0 Å². The smallest absolute Gasteiger partial charge is 0.224 e. The molecular weight excluding hydrogens is 338 g/mol. The Bertz CT molecular complexity index is 796. The van der Waals surface area contributed by atoms with Gasteiger partial charge in [0.25, 0.3) is 0 Å². The molecule has 1 fully saturated rings. The Morgan fingerprint density at radius 3 is 2.84 bits per heavy atom. The molecule has 0 saturated carbocycles. The zero-order valence-corrected chi connectivity index (χ0v) is 15.4. The summed E-state index contributed by atoms with van der Waals surface area (Å²) in [5, 5.41) is 2.00. The van der Waals surface area contributed by atoms with Gasteiger partial charge in [-0.1, -0.05) is 11.6 Å². The lowest BCUT2D eigenvalue weighted by molar-refractivity contribution is -0.135. The monoisotopic (exact) mass is 361 g/mol. The van der Waals surface area contributed by atoms with Crippen LogP contribution >= 0.6 is 11.6 Å². The molecule has 3 heterocycles. The van der Waals surface area contributed by atoms with Crippen LogP contribution in [-0.2, 0) is 29.0 Å². The van der Waals surface area contributed by atoms with E-state index in [1.807, 2.05) is 11.0 Å². The number of likely N-dealkylation sites (N-methyl/N-ethyl adjacent to an activating group) is 1. The molecule has 0 radical (unpaired) electrons. The van der Waals surface area contributed by atoms with Gasteiger partial charge in [0.1, 0.15) is 0 Å². The minimum Gasteiger partial charge on any atom is -0.378 e. The topological polar surface area (TPSA) is 37.7 Å². The number of fused-ring (bicyclic) bond motifs is 3. The van der Waals surface area contributed by atoms with Gasteiger partial charge in [-0.15, -0.1) is 0 Å². The minimum absolute atomic E-state index is 0.223. The molecule has 0 unspecified atom stereocenters. The van der Waals surface area contributed by atoms with E-state index in [0.717, 1.165) is 31.1 Å². The molecule has 6 heteroatoms. The van der Waals surface area contributed by atoms with Gasteiger partial charge in [-0.3, -0.25) is 4.79 Å². The SMILES string of the molecule is CN1CCc2c(c3cc(Cl)ccc3n2CCC(=O)N2CCOCC2)C1. The summed E-state index contributed by atoms with van der Waals surface area (Å²) in [6, 6.07) is 6.10. The molecule has 2 aromatic rings. The van der Waals surface area contributed by atoms with Crippen LogP contribution in [0, 0.1) is 0 Å². The number of carbonyl (C=O) groups is 1. The van der Waals surface area contributed by atoms with E-state index in [0.29, 0.717) is 32.7 Å². The molecule has 0 spiro atoms. The Labute approximate surface area is 153 Å². The number of aryl methyl sites for hydroxylation is 1. The molecule has 1 aromatic carbocycles. The van der Waals surface area contributed by atoms with Crippen molar-refractivity contribution in [3.05, 3.63) is 34.5 Å². The Balaban J connectivity index is 1.61. The zero-order valence-electron chi connectivity index (χ0n) is 14.6. The number of ether oxygens (including phenoxy) is 1. The molecule has 0 bridgehead atoms. The van der Waals surface area contributed by atoms with Gasteiger partial charge in [-0.05, 0) is 30.8 Å². The van der Waals surface area contributed by atoms with Crippen molar-refractivity contribution >= 4 is 28.4 Å². The van der Waals surface area contributed by atoms with Crippen LogP contribution in [0.25, 0.3) is 10.9 Å². The molecule has 0 N–H and O–H groups in total. The summed E-state index contributed by atoms with van der Waals surface area (Å²) in [6.07, 6.45) is 1.55. The van der Waals surface area contributed by atoms with Gasteiger partial charge < -0.3 is 19.1 Å². The Morgan fingerprint density at radius 2 is 2.04 bits per heavy atom. The molecule has 2 aliphatic rings. The second-order valence-electron chi connectivity index (χ2n) is 6.97. The standard InChI is InChI=1S/C19H24ClN3O2/c1-21-6-4-18-16(13-21)15-12-14(20)2-3-17(15)23(18)7-5-19(24)22-8-10-25-11-9-22/h2-3,12H,4-11,13H2,1H3. The number of benzene rings is 1. The first-order valence-electron chi connectivity index (χ1n) is 8.97. The highest BCUT2D eigenvalue weighted by Crippen LogP contribution is 2.32. The number of hydrogen-bond donors (Lipinski definition) is 0. The van der Waals surface area contributed by atoms with Gasteiger partial charge >= 0.3 is 0 Å². The molecule has 4 rings (SSSR count). The Morgan fingerprint density at radius 1 is 1.24 bits per heavy atom. The lowest BCUT2D eigenvalue weighted by Gasteiger charge is -2.27. The number of nitrogens with zero attached hydrogens (tertiary/aromatic N) is 3. The number of aromatic nitrogens is 1. The number of carbonyl (C=O) groups excluding carboxylic acids is 1. The zero-order chi connectivity index (χ0) is 17.4. The third-order valence-corrected chi connectivity index (χ3v) is 5.56. The van der Waals surface area contributed by atoms with Crippen LogP contribution in [-0.4, -0.2) is 60.2 Å². The number of amides is 1. The molecule has 1 aromatic heterocycles. The van der Waals surface area contributed by atoms with E-state index < -0.39 is 0 Å². The summed E-state index contributed by atoms with van der Waals surface area (Å²) in [4.78, 5) is 16.8. The summed E-state index contributed by atoms with van der Waals surface area (Å²) in [6.45, 7) is 5.45. The fraction of sp³-hybridized carbons (Fsp3) is 0.526. The maximum absolute atomic E-state index is 12.5. The second kappa shape index (κ2) is 6.98. The normalized spacial score (nSPS) is 18.6. The first kappa shape index (κ1) is 16.9. The van der Waals surface area contributed by atoms with Crippen molar-refractivity contribution in [1.29, 1.82) is 0 Å². The van der Waals surface area contributed by atoms with Crippen LogP contribution in [0.2, 0.25) is 5.02 Å². The van der Waals surface area contributed by atoms with Crippen molar-refractivity contribution < 1.29 is 9.53 Å². The van der Waals surface area contributed by atoms with Crippen LogP contribution in [0.15, 0.2) is 18.2 Å². The lowest BCUT2D eigenvalue weighted by atomic mass is 10.1. The summed E-state index contributed by atoms with van der Waals surface area (Å²) in [7, 11) is 2.15. The first-order chi connectivity index (χ1) is 12.1. The van der Waals surface area contributed by atoms with Crippen molar-refractivity contribution in [1.82, 2.24) is 14.4 Å². The molecular formula is C19H24ClN3O2. The van der Waals surface area contributed by atoms with Crippen LogP contribution in [0.1, 0.15) is 17.7 Å². The van der Waals surface area contributed by atoms with Crippen molar-refractivity contribution in [3.63, 3.8) is 0 Å². The molecule has 0 aliphatic carbocycles. The lowest BCUT2D eigenvalue weighted by Crippen LogP contribution is -2.41. The van der Waals surface area contributed by atoms with E-state index in [9.17, 15) is 4.79 Å². The van der Waals surface area contributed by atoms with E-state index in [-0.39, 0.29) is 5.91 Å². The van der Waals surface area contributed by atoms with E-state index in [4.69, 9.17) is 16.3 Å². The third kappa shape index (κ3) is 3.28. The Kier molecular flexibility index (Phi) is 4.71. The number of halogens is 1. The van der Waals surface area contributed by atoms with Gasteiger partial charge in [0.15, 0.2) is 0 Å². The predicted molar refractivity (Wildman–Crippen MR) is 99.0 cm³/mol. The minimum atomic E-state index is 0.223. The van der Waals surface area contributed by atoms with Gasteiger partial charge in [-0.2, -0.15) is 0 Å². The molecule has 1 amide bonds. The van der Waals surface area contributed by atoms with Crippen molar-refractivity contribution in [3.8, 4) is 0 Å². The quantitative estimate of drug-likeness (QED) is 0.843. The number of morpholine rings is 1. The van der Waals surface area contributed by atoms with Crippen molar-refractivity contribution in [2.24, 2.45) is 0 Å². The summed E-state index contributed by atoms with van der Waals surface area (Å²) < 4.78 is 7.68. The predicted octanol–water partition coefficient (Wildman–Crippen LogP) is 2.53. The Hall–Kier alpha value is -1.56. The van der Waals surface area contributed by atoms with E-state index in [1.165, 1.54) is 22.2 Å². The maximum Gasteiger partial charge on any atom is 0.224 e. The third-order valence-electron chi connectivity index (χ3n) is 5.32. The first-order valence-corrected chi connectivity index (χ1v) is 9.35. The molecule has 0 atom stereocenters. The second-order valence-corrected chi connectivity index (χ2v) is 7.41. The van der Waals surface area contributed by atoms with Crippen LogP contribution in [0.3, 0.4) is 0 Å². The summed E-state index contributed by atoms with van der Waals surface area (Å²) in [5.41, 5.74) is 3.93. The molecule has 25 heavy (non-hydrogen) atoms. The van der Waals surface area contributed by atoms with Crippen molar-refractivity contribution in [2.45, 2.75) is 25.9 Å². The van der Waals surface area contributed by atoms with Gasteiger partial charge in [0.2, 0.25) is 5.91 Å². The van der Waals surface area contributed by atoms with E-state index in [2.05, 4.69) is 28.6 Å². The fourth-order valence-electron chi connectivity index (χ4n) is 3.99.